The number of hydrogen-bond donors (Lipinski definition) is 3. The lowest BCUT2D eigenvalue weighted by atomic mass is 10.1. The van der Waals surface area contributed by atoms with E-state index in [2.05, 4.69) is 10.3 Å². The fraction of sp³-hybridized carbons (Fsp3) is 0.125. The number of aromatic hydroxyl groups is 1. The number of fused-ring (bicyclic) bond motifs is 1. The molecular weight excluding hydrogens is 255 g/mol. The largest absolute Gasteiger partial charge is 0.508 e. The van der Waals surface area contributed by atoms with Gasteiger partial charge in [-0.25, -0.2) is 4.39 Å². The minimum atomic E-state index is -0.410. The molecule has 3 aromatic rings. The number of rotatable bonds is 3. The van der Waals surface area contributed by atoms with E-state index in [-0.39, 0.29) is 11.8 Å². The molecule has 0 aliphatic heterocycles. The molecule has 0 amide bonds. The van der Waals surface area contributed by atoms with Crippen LogP contribution < -0.4 is 5.32 Å². The number of aromatic nitrogens is 1. The van der Waals surface area contributed by atoms with Crippen molar-refractivity contribution in [2.45, 2.75) is 13.0 Å². The minimum absolute atomic E-state index is 0.0628. The molecule has 1 heterocycles. The zero-order chi connectivity index (χ0) is 14.1. The molecule has 3 nitrogen and oxygen atoms in total. The summed E-state index contributed by atoms with van der Waals surface area (Å²) in [5.41, 5.74) is 2.52. The third-order valence-corrected chi connectivity index (χ3v) is 3.39. The zero-order valence-electron chi connectivity index (χ0n) is 11.0. The maximum atomic E-state index is 13.8. The number of halogens is 1. The Bertz CT molecular complexity index is 751. The lowest BCUT2D eigenvalue weighted by molar-refractivity contribution is 0.467. The normalized spacial score (nSPS) is 12.5. The number of phenolic OH excluding ortho intramolecular Hbond substituents is 1. The Hall–Kier alpha value is -2.49. The van der Waals surface area contributed by atoms with Crippen LogP contribution in [0.1, 0.15) is 18.5 Å². The van der Waals surface area contributed by atoms with Crippen LogP contribution in [0.25, 0.3) is 10.9 Å². The molecule has 4 heteroatoms. The van der Waals surface area contributed by atoms with Gasteiger partial charge in [0.15, 0.2) is 0 Å². The van der Waals surface area contributed by atoms with E-state index in [9.17, 15) is 9.50 Å². The Morgan fingerprint density at radius 1 is 1.15 bits per heavy atom. The minimum Gasteiger partial charge on any atom is -0.508 e. The van der Waals surface area contributed by atoms with Gasteiger partial charge in [-0.1, -0.05) is 6.07 Å². The summed E-state index contributed by atoms with van der Waals surface area (Å²) in [5, 5.41) is 13.6. The van der Waals surface area contributed by atoms with E-state index >= 15 is 0 Å². The molecular formula is C16H15FN2O. The van der Waals surface area contributed by atoms with Crippen LogP contribution in [0, 0.1) is 5.82 Å². The van der Waals surface area contributed by atoms with Gasteiger partial charge in [0.25, 0.3) is 0 Å². The van der Waals surface area contributed by atoms with Gasteiger partial charge in [0.05, 0.1) is 6.04 Å². The molecule has 3 rings (SSSR count). The van der Waals surface area contributed by atoms with Crippen molar-refractivity contribution in [1.82, 2.24) is 4.98 Å². The second-order valence-electron chi connectivity index (χ2n) is 4.85. The second-order valence-corrected chi connectivity index (χ2v) is 4.85. The van der Waals surface area contributed by atoms with Crippen LogP contribution in [-0.2, 0) is 0 Å². The summed E-state index contributed by atoms with van der Waals surface area (Å²) in [6, 6.07) is 12.0. The van der Waals surface area contributed by atoms with Gasteiger partial charge in [0.2, 0.25) is 0 Å². The van der Waals surface area contributed by atoms with E-state index in [4.69, 9.17) is 0 Å². The van der Waals surface area contributed by atoms with Gasteiger partial charge in [0.1, 0.15) is 11.6 Å². The van der Waals surface area contributed by atoms with Crippen LogP contribution in [0.4, 0.5) is 10.1 Å². The Kier molecular flexibility index (Phi) is 3.06. The average Bonchev–Trinajstić information content (AvgIpc) is 2.85. The van der Waals surface area contributed by atoms with E-state index in [1.807, 2.05) is 37.4 Å². The maximum absolute atomic E-state index is 13.8. The average molecular weight is 270 g/mol. The Morgan fingerprint density at radius 3 is 2.80 bits per heavy atom. The summed E-state index contributed by atoms with van der Waals surface area (Å²) < 4.78 is 13.8. The Morgan fingerprint density at radius 2 is 2.00 bits per heavy atom. The predicted molar refractivity (Wildman–Crippen MR) is 78.4 cm³/mol. The standard InChI is InChI=1S/C16H15FN2O/c1-10(14-4-3-13(20)9-15(14)17)19-12-2-5-16-11(8-12)6-7-18-16/h2-10,18-20H,1H3. The van der Waals surface area contributed by atoms with Crippen LogP contribution in [0.3, 0.4) is 0 Å². The van der Waals surface area contributed by atoms with Crippen molar-refractivity contribution in [3.05, 3.63) is 60.0 Å². The van der Waals surface area contributed by atoms with Crippen molar-refractivity contribution in [3.63, 3.8) is 0 Å². The lowest BCUT2D eigenvalue weighted by Crippen LogP contribution is -2.08. The number of hydrogen-bond acceptors (Lipinski definition) is 2. The summed E-state index contributed by atoms with van der Waals surface area (Å²) in [5.74, 6) is -0.472. The van der Waals surface area contributed by atoms with Crippen molar-refractivity contribution < 1.29 is 9.50 Å². The molecule has 0 aliphatic carbocycles. The summed E-state index contributed by atoms with van der Waals surface area (Å²) in [7, 11) is 0. The molecule has 0 aliphatic rings. The molecule has 3 N–H and O–H groups in total. The monoisotopic (exact) mass is 270 g/mol. The first-order valence-electron chi connectivity index (χ1n) is 6.45. The molecule has 20 heavy (non-hydrogen) atoms. The molecule has 0 radical (unpaired) electrons. The summed E-state index contributed by atoms with van der Waals surface area (Å²) in [4.78, 5) is 3.13. The van der Waals surface area contributed by atoms with Gasteiger partial charge in [-0.2, -0.15) is 0 Å². The zero-order valence-corrected chi connectivity index (χ0v) is 11.0. The quantitative estimate of drug-likeness (QED) is 0.668. The number of nitrogens with one attached hydrogen (secondary N) is 2. The van der Waals surface area contributed by atoms with Crippen molar-refractivity contribution >= 4 is 16.6 Å². The number of aromatic amines is 1. The highest BCUT2D eigenvalue weighted by Gasteiger charge is 2.11. The van der Waals surface area contributed by atoms with E-state index in [0.717, 1.165) is 22.7 Å². The molecule has 1 atom stereocenters. The molecule has 2 aromatic carbocycles. The predicted octanol–water partition coefficient (Wildman–Crippen LogP) is 4.19. The summed E-state index contributed by atoms with van der Waals surface area (Å²) in [6.45, 7) is 1.89. The first-order chi connectivity index (χ1) is 9.63. The third kappa shape index (κ3) is 2.32. The van der Waals surface area contributed by atoms with Crippen LogP contribution in [0.5, 0.6) is 5.75 Å². The lowest BCUT2D eigenvalue weighted by Gasteiger charge is -2.16. The van der Waals surface area contributed by atoms with Gasteiger partial charge < -0.3 is 15.4 Å². The van der Waals surface area contributed by atoms with Gasteiger partial charge in [-0.15, -0.1) is 0 Å². The first-order valence-corrected chi connectivity index (χ1v) is 6.45. The van der Waals surface area contributed by atoms with Crippen molar-refractivity contribution in [2.75, 3.05) is 5.32 Å². The van der Waals surface area contributed by atoms with E-state index in [1.54, 1.807) is 6.07 Å². The molecule has 0 spiro atoms. The Labute approximate surface area is 116 Å². The van der Waals surface area contributed by atoms with Gasteiger partial charge in [-0.3, -0.25) is 0 Å². The smallest absolute Gasteiger partial charge is 0.132 e. The first kappa shape index (κ1) is 12.5. The van der Waals surface area contributed by atoms with Gasteiger partial charge >= 0.3 is 0 Å². The highest BCUT2D eigenvalue weighted by atomic mass is 19.1. The molecule has 0 bridgehead atoms. The highest BCUT2D eigenvalue weighted by Crippen LogP contribution is 2.26. The number of benzene rings is 2. The van der Waals surface area contributed by atoms with E-state index < -0.39 is 5.82 Å². The molecule has 1 unspecified atom stereocenters. The molecule has 0 saturated heterocycles. The maximum Gasteiger partial charge on any atom is 0.132 e. The molecule has 0 saturated carbocycles. The number of anilines is 1. The van der Waals surface area contributed by atoms with E-state index in [0.29, 0.717) is 5.56 Å². The topological polar surface area (TPSA) is 48.0 Å². The molecule has 1 aromatic heterocycles. The van der Waals surface area contributed by atoms with E-state index in [1.165, 1.54) is 6.07 Å². The van der Waals surface area contributed by atoms with Gasteiger partial charge in [0, 0.05) is 34.4 Å². The van der Waals surface area contributed by atoms with Crippen molar-refractivity contribution in [3.8, 4) is 5.75 Å². The third-order valence-electron chi connectivity index (χ3n) is 3.39. The van der Waals surface area contributed by atoms with Crippen molar-refractivity contribution in [2.24, 2.45) is 0 Å². The van der Waals surface area contributed by atoms with Crippen LogP contribution in [0.15, 0.2) is 48.7 Å². The SMILES string of the molecule is CC(Nc1ccc2[nH]ccc2c1)c1ccc(O)cc1F. The highest BCUT2D eigenvalue weighted by molar-refractivity contribution is 5.83. The molecule has 0 fully saturated rings. The van der Waals surface area contributed by atoms with Crippen LogP contribution >= 0.6 is 0 Å². The van der Waals surface area contributed by atoms with Crippen LogP contribution in [0.2, 0.25) is 0 Å². The summed E-state index contributed by atoms with van der Waals surface area (Å²) >= 11 is 0. The number of H-pyrrole nitrogens is 1. The van der Waals surface area contributed by atoms with Crippen LogP contribution in [-0.4, -0.2) is 10.1 Å². The summed E-state index contributed by atoms with van der Waals surface area (Å²) in [6.07, 6.45) is 1.89. The van der Waals surface area contributed by atoms with Crippen molar-refractivity contribution in [1.29, 1.82) is 0 Å². The Balaban J connectivity index is 1.85. The van der Waals surface area contributed by atoms with Gasteiger partial charge in [-0.05, 0) is 37.3 Å². The fourth-order valence-corrected chi connectivity index (χ4v) is 2.34. The number of phenols is 1. The fourth-order valence-electron chi connectivity index (χ4n) is 2.34. The molecule has 102 valence electrons. The second kappa shape index (κ2) is 4.89.